The van der Waals surface area contributed by atoms with Crippen LogP contribution in [0.15, 0.2) is 30.5 Å². The number of hydrogen-bond acceptors (Lipinski definition) is 6. The van der Waals surface area contributed by atoms with Crippen LogP contribution < -0.4 is 10.6 Å². The molecule has 0 saturated carbocycles. The van der Waals surface area contributed by atoms with Crippen LogP contribution in [0.3, 0.4) is 0 Å². The molecule has 2 atom stereocenters. The Hall–Kier alpha value is -2.35. The smallest absolute Gasteiger partial charge is 0.163 e. The van der Waals surface area contributed by atoms with Gasteiger partial charge in [0.2, 0.25) is 0 Å². The zero-order valence-electron chi connectivity index (χ0n) is 19.1. The van der Waals surface area contributed by atoms with Crippen molar-refractivity contribution in [3.63, 3.8) is 0 Å². The molecule has 2 aliphatic heterocycles. The van der Waals surface area contributed by atoms with E-state index in [0.717, 1.165) is 68.3 Å². The van der Waals surface area contributed by atoms with Crippen LogP contribution in [0.25, 0.3) is 5.65 Å². The van der Waals surface area contributed by atoms with E-state index in [1.54, 1.807) is 0 Å². The van der Waals surface area contributed by atoms with Crippen molar-refractivity contribution < 1.29 is 0 Å². The molecule has 0 unspecified atom stereocenters. The molecule has 0 bridgehead atoms. The van der Waals surface area contributed by atoms with Crippen molar-refractivity contribution in [1.82, 2.24) is 24.2 Å². The Balaban J connectivity index is 1.54. The van der Waals surface area contributed by atoms with E-state index in [0.29, 0.717) is 10.8 Å². The summed E-state index contributed by atoms with van der Waals surface area (Å²) in [4.78, 5) is 16.9. The lowest BCUT2D eigenvalue weighted by atomic mass is 9.91. The van der Waals surface area contributed by atoms with Gasteiger partial charge >= 0.3 is 0 Å². The molecule has 8 heteroatoms. The molecular formula is C24H32ClN7. The number of nitrogens with zero attached hydrogens (tertiary/aromatic N) is 6. The minimum absolute atomic E-state index is 0.127. The molecule has 2 saturated heterocycles. The van der Waals surface area contributed by atoms with Gasteiger partial charge in [-0.25, -0.2) is 4.98 Å². The number of nitrogens with two attached hydrogens (primary N) is 1. The third-order valence-corrected chi connectivity index (χ3v) is 7.55. The molecule has 0 amide bonds. The van der Waals surface area contributed by atoms with Gasteiger partial charge in [0.1, 0.15) is 11.0 Å². The summed E-state index contributed by atoms with van der Waals surface area (Å²) in [6.07, 6.45) is 5.11. The molecule has 0 spiro atoms. The summed E-state index contributed by atoms with van der Waals surface area (Å²) in [5.41, 5.74) is 11.1. The topological polar surface area (TPSA) is 65.9 Å². The maximum absolute atomic E-state index is 7.07. The fourth-order valence-corrected chi connectivity index (χ4v) is 5.60. The van der Waals surface area contributed by atoms with Crippen LogP contribution in [0, 0.1) is 6.92 Å². The van der Waals surface area contributed by atoms with Crippen molar-refractivity contribution in [3.05, 3.63) is 52.6 Å². The van der Waals surface area contributed by atoms with Crippen LogP contribution in [0.5, 0.6) is 0 Å². The highest BCUT2D eigenvalue weighted by Crippen LogP contribution is 2.43. The van der Waals surface area contributed by atoms with Gasteiger partial charge in [0.25, 0.3) is 0 Å². The van der Waals surface area contributed by atoms with Gasteiger partial charge in [-0.05, 0) is 64.0 Å². The quantitative estimate of drug-likeness (QED) is 0.648. The molecule has 3 aromatic heterocycles. The van der Waals surface area contributed by atoms with E-state index in [1.165, 1.54) is 5.56 Å². The van der Waals surface area contributed by atoms with E-state index < -0.39 is 0 Å². The summed E-state index contributed by atoms with van der Waals surface area (Å²) in [7, 11) is 4.34. The molecule has 5 rings (SSSR count). The first-order valence-electron chi connectivity index (χ1n) is 11.5. The lowest BCUT2D eigenvalue weighted by Crippen LogP contribution is -2.45. The summed E-state index contributed by atoms with van der Waals surface area (Å²) in [6, 6.07) is 8.56. The summed E-state index contributed by atoms with van der Waals surface area (Å²) in [6.45, 7) is 6.12. The summed E-state index contributed by atoms with van der Waals surface area (Å²) in [5, 5.41) is 0.677. The fraction of sp³-hybridized carbons (Fsp3) is 0.500. The number of imidazole rings is 1. The lowest BCUT2D eigenvalue weighted by Gasteiger charge is -2.39. The van der Waals surface area contributed by atoms with Gasteiger partial charge in [-0.15, -0.1) is 0 Å². The molecule has 5 heterocycles. The third-order valence-electron chi connectivity index (χ3n) is 7.19. The van der Waals surface area contributed by atoms with Gasteiger partial charge in [0, 0.05) is 32.4 Å². The Morgan fingerprint density at radius 2 is 1.72 bits per heavy atom. The average molecular weight is 454 g/mol. The van der Waals surface area contributed by atoms with Crippen molar-refractivity contribution >= 4 is 28.8 Å². The van der Waals surface area contributed by atoms with Crippen molar-refractivity contribution in [2.24, 2.45) is 0 Å². The summed E-state index contributed by atoms with van der Waals surface area (Å²) < 4.78 is 2.06. The molecule has 7 nitrogen and oxygen atoms in total. The van der Waals surface area contributed by atoms with E-state index in [-0.39, 0.29) is 12.1 Å². The Morgan fingerprint density at radius 3 is 2.44 bits per heavy atom. The zero-order valence-corrected chi connectivity index (χ0v) is 19.9. The predicted octanol–water partition coefficient (Wildman–Crippen LogP) is 3.92. The first kappa shape index (κ1) is 21.5. The number of piperidine rings is 1. The molecule has 32 heavy (non-hydrogen) atoms. The summed E-state index contributed by atoms with van der Waals surface area (Å²) >= 11 is 7.07. The van der Waals surface area contributed by atoms with E-state index in [2.05, 4.69) is 52.3 Å². The second-order valence-corrected chi connectivity index (χ2v) is 9.58. The summed E-state index contributed by atoms with van der Waals surface area (Å²) in [5.74, 6) is 1.07. The predicted molar refractivity (Wildman–Crippen MR) is 130 cm³/mol. The Labute approximate surface area is 194 Å². The number of likely N-dealkylation sites (tertiary alicyclic amines) is 1. The molecule has 0 aliphatic carbocycles. The van der Waals surface area contributed by atoms with E-state index in [4.69, 9.17) is 27.3 Å². The number of hydrogen-bond donors (Lipinski definition) is 1. The van der Waals surface area contributed by atoms with Gasteiger partial charge in [0.15, 0.2) is 5.65 Å². The molecule has 0 radical (unpaired) electrons. The first-order valence-corrected chi connectivity index (χ1v) is 11.9. The second kappa shape index (κ2) is 8.54. The van der Waals surface area contributed by atoms with Crippen LogP contribution in [0.2, 0.25) is 5.15 Å². The number of aryl methyl sites for hydroxylation is 1. The highest BCUT2D eigenvalue weighted by molar-refractivity contribution is 6.30. The SMILES string of the molecule is Cc1cccnc1[C@@H]1CCC[C@H](c2nc3c(N)ccc(N4CCN(C)CC4)n3c2Cl)N1C. The van der Waals surface area contributed by atoms with Crippen molar-refractivity contribution in [3.8, 4) is 0 Å². The number of rotatable bonds is 3. The number of likely N-dealkylation sites (N-methyl/N-ethyl adjacent to an activating group) is 1. The number of fused-ring (bicyclic) bond motifs is 1. The number of halogens is 1. The molecule has 2 aliphatic rings. The van der Waals surface area contributed by atoms with Crippen molar-refractivity contribution in [1.29, 1.82) is 0 Å². The van der Waals surface area contributed by atoms with Gasteiger partial charge in [-0.3, -0.25) is 14.3 Å². The standard InChI is InChI=1S/C24H32ClN7/c1-16-6-5-11-27-21(16)18-7-4-8-19(30(18)3)22-23(25)32-20(10-9-17(26)24(32)28-22)31-14-12-29(2)13-15-31/h5-6,9-11,18-19H,4,7-8,12-15,26H2,1-3H3/t18-,19+/m0/s1. The number of piperazine rings is 1. The average Bonchev–Trinajstić information content (AvgIpc) is 3.14. The number of nitrogen functional groups attached to an aromatic ring is 1. The Kier molecular flexibility index (Phi) is 5.73. The molecule has 3 aromatic rings. The fourth-order valence-electron chi connectivity index (χ4n) is 5.26. The first-order chi connectivity index (χ1) is 15.5. The Bertz CT molecular complexity index is 1120. The largest absolute Gasteiger partial charge is 0.396 e. The minimum atomic E-state index is 0.127. The van der Waals surface area contributed by atoms with Gasteiger partial charge in [-0.1, -0.05) is 17.7 Å². The number of anilines is 2. The maximum atomic E-state index is 7.07. The molecule has 2 N–H and O–H groups in total. The van der Waals surface area contributed by atoms with Crippen molar-refractivity contribution in [2.75, 3.05) is 50.9 Å². The van der Waals surface area contributed by atoms with E-state index >= 15 is 0 Å². The highest BCUT2D eigenvalue weighted by atomic mass is 35.5. The van der Waals surface area contributed by atoms with E-state index in [9.17, 15) is 0 Å². The van der Waals surface area contributed by atoms with Gasteiger partial charge in [-0.2, -0.15) is 0 Å². The number of pyridine rings is 2. The van der Waals surface area contributed by atoms with Gasteiger partial charge in [0.05, 0.1) is 29.2 Å². The monoisotopic (exact) mass is 453 g/mol. The van der Waals surface area contributed by atoms with E-state index in [1.807, 2.05) is 18.3 Å². The lowest BCUT2D eigenvalue weighted by molar-refractivity contribution is 0.109. The van der Waals surface area contributed by atoms with Gasteiger partial charge < -0.3 is 15.5 Å². The Morgan fingerprint density at radius 1 is 1.00 bits per heavy atom. The molecule has 170 valence electrons. The van der Waals surface area contributed by atoms with Crippen LogP contribution >= 0.6 is 11.6 Å². The normalized spacial score (nSPS) is 23.2. The van der Waals surface area contributed by atoms with Crippen LogP contribution in [-0.2, 0) is 0 Å². The highest BCUT2D eigenvalue weighted by Gasteiger charge is 2.35. The van der Waals surface area contributed by atoms with Crippen LogP contribution in [0.4, 0.5) is 11.5 Å². The maximum Gasteiger partial charge on any atom is 0.163 e. The van der Waals surface area contributed by atoms with Crippen LogP contribution in [0.1, 0.15) is 48.3 Å². The van der Waals surface area contributed by atoms with Crippen molar-refractivity contribution in [2.45, 2.75) is 38.3 Å². The number of aromatic nitrogens is 3. The molecular weight excluding hydrogens is 422 g/mol. The van der Waals surface area contributed by atoms with Crippen LogP contribution in [-0.4, -0.2) is 64.4 Å². The second-order valence-electron chi connectivity index (χ2n) is 9.22. The molecule has 0 aromatic carbocycles. The zero-order chi connectivity index (χ0) is 22.4. The molecule has 2 fully saturated rings. The minimum Gasteiger partial charge on any atom is -0.396 e. The third kappa shape index (κ3) is 3.62.